The van der Waals surface area contributed by atoms with Crippen LogP contribution in [0.4, 0.5) is 9.93 Å². The van der Waals surface area contributed by atoms with Crippen molar-refractivity contribution < 1.29 is 4.79 Å². The molecule has 2 N–H and O–H groups in total. The van der Waals surface area contributed by atoms with Crippen molar-refractivity contribution in [1.82, 2.24) is 10.3 Å². The van der Waals surface area contributed by atoms with Crippen molar-refractivity contribution in [3.63, 3.8) is 0 Å². The zero-order valence-electron chi connectivity index (χ0n) is 11.4. The first kappa shape index (κ1) is 13.4. The van der Waals surface area contributed by atoms with Crippen LogP contribution in [0.15, 0.2) is 24.3 Å². The standard InChI is InChI=1S/C15H19N3OS/c19-14(16-10-11-6-2-1-3-7-11)18-15-17-12-8-4-5-9-13(12)20-15/h4-5,8-9,11H,1-3,6-7,10H2,(H2,16,17,18,19). The predicted molar refractivity (Wildman–Crippen MR) is 83.2 cm³/mol. The summed E-state index contributed by atoms with van der Waals surface area (Å²) in [6.07, 6.45) is 6.41. The van der Waals surface area contributed by atoms with Crippen LogP contribution in [0.1, 0.15) is 32.1 Å². The molecule has 0 bridgehead atoms. The van der Waals surface area contributed by atoms with Crippen LogP contribution >= 0.6 is 11.3 Å². The number of benzene rings is 1. The van der Waals surface area contributed by atoms with E-state index in [1.807, 2.05) is 24.3 Å². The van der Waals surface area contributed by atoms with Crippen LogP contribution in [0.3, 0.4) is 0 Å². The highest BCUT2D eigenvalue weighted by Crippen LogP contribution is 2.25. The fourth-order valence-electron chi connectivity index (χ4n) is 2.70. The molecule has 1 aromatic carbocycles. The van der Waals surface area contributed by atoms with Gasteiger partial charge in [-0.05, 0) is 30.9 Å². The SMILES string of the molecule is O=C(NCC1CCCCC1)Nc1nc2ccccc2s1. The lowest BCUT2D eigenvalue weighted by molar-refractivity contribution is 0.247. The van der Waals surface area contributed by atoms with Gasteiger partial charge in [-0.1, -0.05) is 42.7 Å². The molecule has 5 heteroatoms. The zero-order valence-corrected chi connectivity index (χ0v) is 12.2. The summed E-state index contributed by atoms with van der Waals surface area (Å²) in [7, 11) is 0. The van der Waals surface area contributed by atoms with Crippen LogP contribution in [-0.2, 0) is 0 Å². The summed E-state index contributed by atoms with van der Waals surface area (Å²) in [5, 5.41) is 6.45. The number of para-hydroxylation sites is 1. The number of anilines is 1. The van der Waals surface area contributed by atoms with Gasteiger partial charge in [-0.3, -0.25) is 5.32 Å². The van der Waals surface area contributed by atoms with Gasteiger partial charge < -0.3 is 5.32 Å². The molecule has 0 radical (unpaired) electrons. The molecule has 2 amide bonds. The van der Waals surface area contributed by atoms with Crippen molar-refractivity contribution >= 4 is 32.7 Å². The Morgan fingerprint density at radius 2 is 2.05 bits per heavy atom. The number of amides is 2. The van der Waals surface area contributed by atoms with Gasteiger partial charge in [-0.25, -0.2) is 9.78 Å². The van der Waals surface area contributed by atoms with Crippen LogP contribution < -0.4 is 10.6 Å². The first-order valence-electron chi connectivity index (χ1n) is 7.22. The lowest BCUT2D eigenvalue weighted by atomic mass is 9.89. The van der Waals surface area contributed by atoms with Gasteiger partial charge in [0, 0.05) is 6.54 Å². The molecule has 1 fully saturated rings. The molecule has 0 unspecified atom stereocenters. The summed E-state index contributed by atoms with van der Waals surface area (Å²) in [5.41, 5.74) is 0.931. The van der Waals surface area contributed by atoms with E-state index < -0.39 is 0 Å². The molecule has 1 heterocycles. The minimum atomic E-state index is -0.144. The Kier molecular flexibility index (Phi) is 4.16. The summed E-state index contributed by atoms with van der Waals surface area (Å²) < 4.78 is 1.09. The number of fused-ring (bicyclic) bond motifs is 1. The second kappa shape index (κ2) is 6.22. The molecule has 0 spiro atoms. The van der Waals surface area contributed by atoms with Crippen LogP contribution in [0.5, 0.6) is 0 Å². The Labute approximate surface area is 122 Å². The van der Waals surface area contributed by atoms with Gasteiger partial charge in [0.15, 0.2) is 5.13 Å². The molecule has 20 heavy (non-hydrogen) atoms. The Morgan fingerprint density at radius 3 is 2.85 bits per heavy atom. The smallest absolute Gasteiger partial charge is 0.321 e. The average Bonchev–Trinajstić information content (AvgIpc) is 2.88. The zero-order chi connectivity index (χ0) is 13.8. The van der Waals surface area contributed by atoms with E-state index in [0.717, 1.165) is 16.8 Å². The molecule has 106 valence electrons. The normalized spacial score (nSPS) is 16.2. The highest BCUT2D eigenvalue weighted by Gasteiger charge is 2.14. The maximum atomic E-state index is 11.9. The molecule has 0 saturated heterocycles. The van der Waals surface area contributed by atoms with E-state index in [-0.39, 0.29) is 6.03 Å². The largest absolute Gasteiger partial charge is 0.338 e. The minimum absolute atomic E-state index is 0.144. The number of urea groups is 1. The number of aromatic nitrogens is 1. The van der Waals surface area contributed by atoms with Crippen LogP contribution in [0, 0.1) is 5.92 Å². The van der Waals surface area contributed by atoms with Gasteiger partial charge in [0.1, 0.15) is 0 Å². The number of hydrogen-bond acceptors (Lipinski definition) is 3. The number of rotatable bonds is 3. The van der Waals surface area contributed by atoms with Crippen LogP contribution in [-0.4, -0.2) is 17.6 Å². The molecule has 1 saturated carbocycles. The van der Waals surface area contributed by atoms with E-state index in [1.165, 1.54) is 43.4 Å². The van der Waals surface area contributed by atoms with E-state index in [0.29, 0.717) is 11.0 Å². The fourth-order valence-corrected chi connectivity index (χ4v) is 3.56. The highest BCUT2D eigenvalue weighted by molar-refractivity contribution is 7.22. The first-order valence-corrected chi connectivity index (χ1v) is 8.03. The monoisotopic (exact) mass is 289 g/mol. The molecule has 0 aliphatic heterocycles. The fraction of sp³-hybridized carbons (Fsp3) is 0.467. The van der Waals surface area contributed by atoms with E-state index in [9.17, 15) is 4.79 Å². The third-order valence-electron chi connectivity index (χ3n) is 3.79. The summed E-state index contributed by atoms with van der Waals surface area (Å²) in [6, 6.07) is 7.76. The van der Waals surface area contributed by atoms with Crippen LogP contribution in [0.25, 0.3) is 10.2 Å². The highest BCUT2D eigenvalue weighted by atomic mass is 32.1. The quantitative estimate of drug-likeness (QED) is 0.897. The van der Waals surface area contributed by atoms with Crippen molar-refractivity contribution in [2.75, 3.05) is 11.9 Å². The van der Waals surface area contributed by atoms with Crippen molar-refractivity contribution in [2.45, 2.75) is 32.1 Å². The molecule has 4 nitrogen and oxygen atoms in total. The second-order valence-corrected chi connectivity index (χ2v) is 6.36. The predicted octanol–water partition coefficient (Wildman–Crippen LogP) is 4.00. The van der Waals surface area contributed by atoms with Gasteiger partial charge in [-0.2, -0.15) is 0 Å². The van der Waals surface area contributed by atoms with Crippen molar-refractivity contribution in [2.24, 2.45) is 5.92 Å². The summed E-state index contributed by atoms with van der Waals surface area (Å²) >= 11 is 1.50. The van der Waals surface area contributed by atoms with Crippen molar-refractivity contribution in [1.29, 1.82) is 0 Å². The molecule has 1 aromatic heterocycles. The summed E-state index contributed by atoms with van der Waals surface area (Å²) in [4.78, 5) is 16.3. The van der Waals surface area contributed by atoms with E-state index in [2.05, 4.69) is 15.6 Å². The molecule has 3 rings (SSSR count). The van der Waals surface area contributed by atoms with Gasteiger partial charge in [0.05, 0.1) is 10.2 Å². The summed E-state index contributed by atoms with van der Waals surface area (Å²) in [6.45, 7) is 0.775. The lowest BCUT2D eigenvalue weighted by Crippen LogP contribution is -2.33. The Bertz CT molecular complexity index is 557. The lowest BCUT2D eigenvalue weighted by Gasteiger charge is -2.21. The maximum absolute atomic E-state index is 11.9. The third kappa shape index (κ3) is 3.28. The number of carbonyl (C=O) groups is 1. The van der Waals surface area contributed by atoms with E-state index in [4.69, 9.17) is 0 Å². The second-order valence-electron chi connectivity index (χ2n) is 5.33. The minimum Gasteiger partial charge on any atom is -0.338 e. The maximum Gasteiger partial charge on any atom is 0.321 e. The van der Waals surface area contributed by atoms with E-state index >= 15 is 0 Å². The number of thiazole rings is 1. The van der Waals surface area contributed by atoms with Crippen LogP contribution in [0.2, 0.25) is 0 Å². The Morgan fingerprint density at radius 1 is 1.25 bits per heavy atom. The van der Waals surface area contributed by atoms with Gasteiger partial charge in [0.2, 0.25) is 0 Å². The summed E-state index contributed by atoms with van der Waals surface area (Å²) in [5.74, 6) is 0.643. The third-order valence-corrected chi connectivity index (χ3v) is 4.74. The molecule has 1 aliphatic rings. The number of nitrogens with one attached hydrogen (secondary N) is 2. The van der Waals surface area contributed by atoms with Gasteiger partial charge >= 0.3 is 6.03 Å². The number of carbonyl (C=O) groups excluding carboxylic acids is 1. The molecule has 2 aromatic rings. The van der Waals surface area contributed by atoms with E-state index in [1.54, 1.807) is 0 Å². The first-order chi connectivity index (χ1) is 9.81. The van der Waals surface area contributed by atoms with Gasteiger partial charge in [-0.15, -0.1) is 0 Å². The average molecular weight is 289 g/mol. The topological polar surface area (TPSA) is 54.0 Å². The van der Waals surface area contributed by atoms with Crippen molar-refractivity contribution in [3.05, 3.63) is 24.3 Å². The molecular weight excluding hydrogens is 270 g/mol. The Hall–Kier alpha value is -1.62. The van der Waals surface area contributed by atoms with Gasteiger partial charge in [0.25, 0.3) is 0 Å². The van der Waals surface area contributed by atoms with Crippen molar-refractivity contribution in [3.8, 4) is 0 Å². The number of hydrogen-bond donors (Lipinski definition) is 2. The molecular formula is C15H19N3OS. The molecule has 0 atom stereocenters. The Balaban J connectivity index is 1.52. The molecule has 1 aliphatic carbocycles. The number of nitrogens with zero attached hydrogens (tertiary/aromatic N) is 1.